The molecule has 2 aliphatic carbocycles. The molecular weight excluding hydrogens is 330 g/mol. The fourth-order valence-electron chi connectivity index (χ4n) is 3.71. The van der Waals surface area contributed by atoms with Crippen LogP contribution in [0.3, 0.4) is 0 Å². The number of carbonyl (C=O) groups excluding carboxylic acids is 2. The quantitative estimate of drug-likeness (QED) is 0.786. The zero-order valence-corrected chi connectivity index (χ0v) is 14.6. The van der Waals surface area contributed by atoms with Crippen LogP contribution in [0, 0.1) is 5.92 Å². The molecule has 2 atom stereocenters. The maximum atomic E-state index is 12.6. The lowest BCUT2D eigenvalue weighted by Gasteiger charge is -2.30. The molecule has 2 fully saturated rings. The van der Waals surface area contributed by atoms with E-state index in [1.807, 2.05) is 12.1 Å². The molecule has 0 aliphatic heterocycles. The Labute approximate surface area is 151 Å². The summed E-state index contributed by atoms with van der Waals surface area (Å²) in [5.74, 6) is 0.0838. The fraction of sp³-hybridized carbons (Fsp3) is 0.450. The standard InChI is InChI=1S/C20H23N3O3/c24-18(12-8-9-12)21-14-5-3-6-15(11-14)22-20(26)17-10-13-4-1-2-7-16(13)19(25)23-17/h1-2,4,7,10,12,14-15H,3,5-6,8-9,11H2,(H,21,24)(H,22,26)(H,23,25). The van der Waals surface area contributed by atoms with Gasteiger partial charge in [-0.2, -0.15) is 0 Å². The number of hydrogen-bond acceptors (Lipinski definition) is 3. The van der Waals surface area contributed by atoms with Gasteiger partial charge >= 0.3 is 0 Å². The van der Waals surface area contributed by atoms with Gasteiger partial charge in [-0.3, -0.25) is 14.4 Å². The van der Waals surface area contributed by atoms with Gasteiger partial charge < -0.3 is 15.6 Å². The molecule has 0 spiro atoms. The minimum atomic E-state index is -0.271. The van der Waals surface area contributed by atoms with E-state index in [4.69, 9.17) is 0 Å². The summed E-state index contributed by atoms with van der Waals surface area (Å²) >= 11 is 0. The smallest absolute Gasteiger partial charge is 0.268 e. The molecule has 0 saturated heterocycles. The number of fused-ring (bicyclic) bond motifs is 1. The normalized spacial score (nSPS) is 22.8. The molecule has 2 saturated carbocycles. The highest BCUT2D eigenvalue weighted by molar-refractivity contribution is 5.96. The number of benzene rings is 1. The van der Waals surface area contributed by atoms with E-state index in [9.17, 15) is 14.4 Å². The van der Waals surface area contributed by atoms with Gasteiger partial charge in [0, 0.05) is 23.4 Å². The second-order valence-corrected chi connectivity index (χ2v) is 7.42. The molecule has 1 aromatic heterocycles. The molecule has 2 aliphatic rings. The first kappa shape index (κ1) is 16.8. The lowest BCUT2D eigenvalue weighted by atomic mass is 9.90. The number of carbonyl (C=O) groups is 2. The third-order valence-electron chi connectivity index (χ3n) is 5.30. The van der Waals surface area contributed by atoms with E-state index >= 15 is 0 Å². The van der Waals surface area contributed by atoms with Crippen LogP contribution in [0.4, 0.5) is 0 Å². The summed E-state index contributed by atoms with van der Waals surface area (Å²) in [4.78, 5) is 39.4. The number of pyridine rings is 1. The van der Waals surface area contributed by atoms with E-state index < -0.39 is 0 Å². The molecule has 3 N–H and O–H groups in total. The third-order valence-corrected chi connectivity index (χ3v) is 5.30. The zero-order valence-electron chi connectivity index (χ0n) is 14.6. The van der Waals surface area contributed by atoms with Crippen molar-refractivity contribution in [3.63, 3.8) is 0 Å². The van der Waals surface area contributed by atoms with E-state index in [0.717, 1.165) is 43.9 Å². The summed E-state index contributed by atoms with van der Waals surface area (Å²) in [7, 11) is 0. The van der Waals surface area contributed by atoms with Crippen LogP contribution < -0.4 is 16.2 Å². The second-order valence-electron chi connectivity index (χ2n) is 7.42. The first-order chi connectivity index (χ1) is 12.6. The average molecular weight is 353 g/mol. The molecule has 1 heterocycles. The first-order valence-electron chi connectivity index (χ1n) is 9.33. The molecular formula is C20H23N3O3. The van der Waals surface area contributed by atoms with Crippen molar-refractivity contribution in [3.05, 3.63) is 46.4 Å². The van der Waals surface area contributed by atoms with Crippen molar-refractivity contribution in [1.82, 2.24) is 15.6 Å². The first-order valence-corrected chi connectivity index (χ1v) is 9.33. The topological polar surface area (TPSA) is 91.1 Å². The van der Waals surface area contributed by atoms with Crippen LogP contribution in [0.2, 0.25) is 0 Å². The van der Waals surface area contributed by atoms with Crippen LogP contribution in [0.5, 0.6) is 0 Å². The van der Waals surface area contributed by atoms with Crippen LogP contribution in [0.25, 0.3) is 10.8 Å². The molecule has 6 heteroatoms. The predicted molar refractivity (Wildman–Crippen MR) is 98.9 cm³/mol. The maximum absolute atomic E-state index is 12.6. The van der Waals surface area contributed by atoms with Gasteiger partial charge in [-0.15, -0.1) is 0 Å². The Balaban J connectivity index is 1.42. The van der Waals surface area contributed by atoms with Crippen molar-refractivity contribution in [3.8, 4) is 0 Å². The summed E-state index contributed by atoms with van der Waals surface area (Å²) in [5, 5.41) is 7.45. The van der Waals surface area contributed by atoms with Crippen molar-refractivity contribution in [2.45, 2.75) is 50.6 Å². The Kier molecular flexibility index (Phi) is 4.49. The summed E-state index contributed by atoms with van der Waals surface area (Å²) in [6.07, 6.45) is 5.54. The highest BCUT2D eigenvalue weighted by Crippen LogP contribution is 2.29. The van der Waals surface area contributed by atoms with E-state index in [-0.39, 0.29) is 41.1 Å². The molecule has 2 aromatic rings. The van der Waals surface area contributed by atoms with Gasteiger partial charge in [0.2, 0.25) is 5.91 Å². The Bertz CT molecular complexity index is 901. The van der Waals surface area contributed by atoms with Crippen LogP contribution >= 0.6 is 0 Å². The van der Waals surface area contributed by atoms with Gasteiger partial charge in [0.05, 0.1) is 0 Å². The summed E-state index contributed by atoms with van der Waals surface area (Å²) in [5.41, 5.74) is 0.0179. The van der Waals surface area contributed by atoms with Crippen LogP contribution in [-0.2, 0) is 4.79 Å². The van der Waals surface area contributed by atoms with Gasteiger partial charge in [0.1, 0.15) is 5.69 Å². The van der Waals surface area contributed by atoms with Gasteiger partial charge in [0.15, 0.2) is 0 Å². The van der Waals surface area contributed by atoms with E-state index in [1.165, 1.54) is 0 Å². The van der Waals surface area contributed by atoms with Crippen molar-refractivity contribution in [1.29, 1.82) is 0 Å². The largest absolute Gasteiger partial charge is 0.353 e. The average Bonchev–Trinajstić information content (AvgIpc) is 3.47. The number of rotatable bonds is 4. The molecule has 1 aromatic carbocycles. The number of amides is 2. The van der Waals surface area contributed by atoms with E-state index in [2.05, 4.69) is 15.6 Å². The third kappa shape index (κ3) is 3.64. The Hall–Kier alpha value is -2.63. The second kappa shape index (κ2) is 6.94. The minimum absolute atomic E-state index is 0.00993. The highest BCUT2D eigenvalue weighted by atomic mass is 16.2. The molecule has 26 heavy (non-hydrogen) atoms. The maximum Gasteiger partial charge on any atom is 0.268 e. The van der Waals surface area contributed by atoms with E-state index in [0.29, 0.717) is 5.39 Å². The van der Waals surface area contributed by atoms with Crippen LogP contribution in [0.15, 0.2) is 35.1 Å². The Morgan fingerprint density at radius 1 is 1.00 bits per heavy atom. The molecule has 2 unspecified atom stereocenters. The summed E-state index contributed by atoms with van der Waals surface area (Å²) in [6, 6.07) is 9.05. The van der Waals surface area contributed by atoms with E-state index in [1.54, 1.807) is 18.2 Å². The van der Waals surface area contributed by atoms with Crippen molar-refractivity contribution in [2.75, 3.05) is 0 Å². The van der Waals surface area contributed by atoms with Crippen LogP contribution in [-0.4, -0.2) is 28.9 Å². The number of nitrogens with one attached hydrogen (secondary N) is 3. The Morgan fingerprint density at radius 2 is 1.73 bits per heavy atom. The van der Waals surface area contributed by atoms with Gasteiger partial charge in [0.25, 0.3) is 11.5 Å². The lowest BCUT2D eigenvalue weighted by Crippen LogP contribution is -2.46. The minimum Gasteiger partial charge on any atom is -0.353 e. The molecule has 136 valence electrons. The number of aromatic amines is 1. The van der Waals surface area contributed by atoms with Crippen LogP contribution in [0.1, 0.15) is 49.0 Å². The highest BCUT2D eigenvalue weighted by Gasteiger charge is 2.32. The molecule has 0 bridgehead atoms. The number of H-pyrrole nitrogens is 1. The number of aromatic nitrogens is 1. The molecule has 2 amide bonds. The van der Waals surface area contributed by atoms with Crippen molar-refractivity contribution in [2.24, 2.45) is 5.92 Å². The summed E-state index contributed by atoms with van der Waals surface area (Å²) in [6.45, 7) is 0. The fourth-order valence-corrected chi connectivity index (χ4v) is 3.71. The predicted octanol–water partition coefficient (Wildman–Crippen LogP) is 2.10. The zero-order chi connectivity index (χ0) is 18.1. The van der Waals surface area contributed by atoms with Gasteiger partial charge in [-0.25, -0.2) is 0 Å². The molecule has 0 radical (unpaired) electrons. The van der Waals surface area contributed by atoms with Gasteiger partial charge in [-0.05, 0) is 56.0 Å². The molecule has 4 rings (SSSR count). The SMILES string of the molecule is O=C(NC1CCCC(NC(=O)C2CC2)C1)c1cc2ccccc2c(=O)[nH]1. The number of hydrogen-bond donors (Lipinski definition) is 3. The van der Waals surface area contributed by atoms with Gasteiger partial charge in [-0.1, -0.05) is 18.2 Å². The monoisotopic (exact) mass is 353 g/mol. The Morgan fingerprint density at radius 3 is 2.50 bits per heavy atom. The van der Waals surface area contributed by atoms with Crippen molar-refractivity contribution >= 4 is 22.6 Å². The summed E-state index contributed by atoms with van der Waals surface area (Å²) < 4.78 is 0. The van der Waals surface area contributed by atoms with Crippen molar-refractivity contribution < 1.29 is 9.59 Å². The molecule has 6 nitrogen and oxygen atoms in total. The lowest BCUT2D eigenvalue weighted by molar-refractivity contribution is -0.123.